The molecule has 3 N–H and O–H groups in total. The second kappa shape index (κ2) is 7.05. The largest absolute Gasteiger partial charge is 0.399 e. The summed E-state index contributed by atoms with van der Waals surface area (Å²) in [4.78, 5) is 23.6. The first-order valence-corrected chi connectivity index (χ1v) is 7.29. The molecular weight excluding hydrogens is 290 g/mol. The van der Waals surface area contributed by atoms with Gasteiger partial charge in [0.1, 0.15) is 6.54 Å². The quantitative estimate of drug-likeness (QED) is 0.614. The van der Waals surface area contributed by atoms with Crippen LogP contribution in [0, 0.1) is 0 Å². The number of hydrogen-bond acceptors (Lipinski definition) is 5. The van der Waals surface area contributed by atoms with Gasteiger partial charge in [0, 0.05) is 30.3 Å². The number of nitrogens with zero attached hydrogens (tertiary/aromatic N) is 1. The zero-order valence-corrected chi connectivity index (χ0v) is 12.5. The maximum atomic E-state index is 11.9. The molecule has 1 aromatic carbocycles. The zero-order chi connectivity index (χ0) is 15.2. The number of nitrogen functional groups attached to an aromatic ring is 1. The summed E-state index contributed by atoms with van der Waals surface area (Å²) in [5.41, 5.74) is 7.88. The fraction of sp³-hybridized carbons (Fsp3) is 0.286. The Bertz CT molecular complexity index is 678. The first-order valence-electron chi connectivity index (χ1n) is 6.41. The van der Waals surface area contributed by atoms with Crippen LogP contribution in [-0.2, 0) is 16.1 Å². The lowest BCUT2D eigenvalue weighted by Gasteiger charge is -2.09. The highest BCUT2D eigenvalue weighted by atomic mass is 32.1. The number of aromatic nitrogens is 1. The molecule has 2 rings (SSSR count). The van der Waals surface area contributed by atoms with E-state index in [0.717, 1.165) is 16.9 Å². The Hall–Kier alpha value is -2.12. The molecule has 112 valence electrons. The number of anilines is 1. The van der Waals surface area contributed by atoms with E-state index < -0.39 is 0 Å². The molecule has 21 heavy (non-hydrogen) atoms. The number of methoxy groups -OCH3 is 1. The van der Waals surface area contributed by atoms with Crippen molar-refractivity contribution in [3.63, 3.8) is 0 Å². The monoisotopic (exact) mass is 307 g/mol. The molecule has 0 atom stereocenters. The number of carbonyl (C=O) groups is 1. The van der Waals surface area contributed by atoms with Crippen molar-refractivity contribution in [2.75, 3.05) is 26.0 Å². The second-order valence-corrected chi connectivity index (χ2v) is 5.26. The Morgan fingerprint density at radius 2 is 2.29 bits per heavy atom. The van der Waals surface area contributed by atoms with Crippen molar-refractivity contribution < 1.29 is 9.53 Å². The van der Waals surface area contributed by atoms with Crippen molar-refractivity contribution in [3.8, 4) is 11.3 Å². The molecule has 0 spiro atoms. The highest BCUT2D eigenvalue weighted by molar-refractivity contribution is 7.07. The summed E-state index contributed by atoms with van der Waals surface area (Å²) in [5, 5.41) is 4.43. The van der Waals surface area contributed by atoms with Crippen LogP contribution in [0.15, 0.2) is 34.4 Å². The van der Waals surface area contributed by atoms with Gasteiger partial charge in [0.25, 0.3) is 0 Å². The van der Waals surface area contributed by atoms with Crippen LogP contribution in [0.4, 0.5) is 5.69 Å². The summed E-state index contributed by atoms with van der Waals surface area (Å²) in [6, 6.07) is 7.23. The van der Waals surface area contributed by atoms with E-state index in [0.29, 0.717) is 24.5 Å². The number of ether oxygens (including phenoxy) is 1. The van der Waals surface area contributed by atoms with E-state index in [1.807, 2.05) is 12.1 Å². The van der Waals surface area contributed by atoms with Crippen LogP contribution in [0.5, 0.6) is 0 Å². The van der Waals surface area contributed by atoms with Crippen LogP contribution < -0.4 is 15.9 Å². The number of benzene rings is 1. The average Bonchev–Trinajstić information content (AvgIpc) is 2.81. The molecule has 1 aromatic heterocycles. The standard InChI is InChI=1S/C14H17N3O3S/c1-20-6-5-16-13(18)8-17-12(9-21-14(17)19)10-3-2-4-11(15)7-10/h2-4,7,9H,5-6,8,15H2,1H3,(H,16,18). The maximum absolute atomic E-state index is 11.9. The number of carbonyl (C=O) groups excluding carboxylic acids is 1. The lowest BCUT2D eigenvalue weighted by Crippen LogP contribution is -2.32. The Morgan fingerprint density at radius 3 is 3.00 bits per heavy atom. The fourth-order valence-electron chi connectivity index (χ4n) is 1.90. The number of amides is 1. The van der Waals surface area contributed by atoms with E-state index in [2.05, 4.69) is 5.32 Å². The zero-order valence-electron chi connectivity index (χ0n) is 11.7. The van der Waals surface area contributed by atoms with Gasteiger partial charge in [-0.3, -0.25) is 14.2 Å². The lowest BCUT2D eigenvalue weighted by molar-refractivity contribution is -0.121. The predicted molar refractivity (Wildman–Crippen MR) is 83.3 cm³/mol. The van der Waals surface area contributed by atoms with Crippen molar-refractivity contribution in [2.45, 2.75) is 6.54 Å². The first-order chi connectivity index (χ1) is 10.1. The smallest absolute Gasteiger partial charge is 0.308 e. The lowest BCUT2D eigenvalue weighted by atomic mass is 10.1. The number of nitrogens with one attached hydrogen (secondary N) is 1. The minimum Gasteiger partial charge on any atom is -0.399 e. The maximum Gasteiger partial charge on any atom is 0.308 e. The third-order valence-corrected chi connectivity index (χ3v) is 3.66. The predicted octanol–water partition coefficient (Wildman–Crippen LogP) is 0.922. The number of thiazole rings is 1. The summed E-state index contributed by atoms with van der Waals surface area (Å²) in [6.07, 6.45) is 0. The highest BCUT2D eigenvalue weighted by Gasteiger charge is 2.12. The molecule has 0 aliphatic heterocycles. The van der Waals surface area contributed by atoms with Gasteiger partial charge in [-0.2, -0.15) is 0 Å². The molecule has 7 heteroatoms. The third-order valence-electron chi connectivity index (χ3n) is 2.90. The number of nitrogens with two attached hydrogens (primary N) is 1. The van der Waals surface area contributed by atoms with Gasteiger partial charge in [0.05, 0.1) is 12.3 Å². The van der Waals surface area contributed by atoms with Gasteiger partial charge in [-0.25, -0.2) is 0 Å². The first kappa shape index (κ1) is 15.3. The highest BCUT2D eigenvalue weighted by Crippen LogP contribution is 2.21. The molecule has 1 heterocycles. The SMILES string of the molecule is COCCNC(=O)Cn1c(-c2cccc(N)c2)csc1=O. The van der Waals surface area contributed by atoms with E-state index in [4.69, 9.17) is 10.5 Å². The molecular formula is C14H17N3O3S. The van der Waals surface area contributed by atoms with Crippen molar-refractivity contribution in [2.24, 2.45) is 0 Å². The van der Waals surface area contributed by atoms with Gasteiger partial charge in [0.2, 0.25) is 5.91 Å². The molecule has 1 amide bonds. The summed E-state index contributed by atoms with van der Waals surface area (Å²) in [7, 11) is 1.56. The Balaban J connectivity index is 2.19. The summed E-state index contributed by atoms with van der Waals surface area (Å²) < 4.78 is 6.31. The third kappa shape index (κ3) is 3.93. The van der Waals surface area contributed by atoms with Crippen LogP contribution in [-0.4, -0.2) is 30.7 Å². The number of rotatable bonds is 6. The van der Waals surface area contributed by atoms with Crippen molar-refractivity contribution in [1.82, 2.24) is 9.88 Å². The summed E-state index contributed by atoms with van der Waals surface area (Å²) >= 11 is 1.06. The minimum atomic E-state index is -0.224. The second-order valence-electron chi connectivity index (χ2n) is 4.44. The van der Waals surface area contributed by atoms with Crippen molar-refractivity contribution in [1.29, 1.82) is 0 Å². The molecule has 0 unspecified atom stereocenters. The fourth-order valence-corrected chi connectivity index (χ4v) is 2.66. The molecule has 2 aromatic rings. The summed E-state index contributed by atoms with van der Waals surface area (Å²) in [5.74, 6) is -0.224. The molecule has 0 radical (unpaired) electrons. The van der Waals surface area contributed by atoms with Crippen LogP contribution in [0.3, 0.4) is 0 Å². The van der Waals surface area contributed by atoms with Crippen molar-refractivity contribution in [3.05, 3.63) is 39.3 Å². The minimum absolute atomic E-state index is 0.0177. The molecule has 0 bridgehead atoms. The topological polar surface area (TPSA) is 86.3 Å². The van der Waals surface area contributed by atoms with Gasteiger partial charge in [0.15, 0.2) is 0 Å². The van der Waals surface area contributed by atoms with Crippen LogP contribution in [0.25, 0.3) is 11.3 Å². The van der Waals surface area contributed by atoms with Gasteiger partial charge in [-0.15, -0.1) is 0 Å². The average molecular weight is 307 g/mol. The van der Waals surface area contributed by atoms with Gasteiger partial charge < -0.3 is 15.8 Å². The summed E-state index contributed by atoms with van der Waals surface area (Å²) in [6.45, 7) is 0.838. The Morgan fingerprint density at radius 1 is 1.48 bits per heavy atom. The Labute approximate surface area is 126 Å². The normalized spacial score (nSPS) is 10.5. The number of hydrogen-bond donors (Lipinski definition) is 2. The molecule has 0 aliphatic rings. The van der Waals surface area contributed by atoms with Crippen LogP contribution in [0.1, 0.15) is 0 Å². The molecule has 6 nitrogen and oxygen atoms in total. The molecule has 0 saturated heterocycles. The van der Waals surface area contributed by atoms with Gasteiger partial charge >= 0.3 is 4.87 Å². The molecule has 0 fully saturated rings. The van der Waals surface area contributed by atoms with Crippen LogP contribution >= 0.6 is 11.3 Å². The van der Waals surface area contributed by atoms with Crippen molar-refractivity contribution >= 4 is 22.9 Å². The molecule has 0 aliphatic carbocycles. The Kier molecular flexibility index (Phi) is 5.13. The van der Waals surface area contributed by atoms with Crippen LogP contribution in [0.2, 0.25) is 0 Å². The van der Waals surface area contributed by atoms with E-state index >= 15 is 0 Å². The van der Waals surface area contributed by atoms with Gasteiger partial charge in [-0.1, -0.05) is 23.5 Å². The van der Waals surface area contributed by atoms with E-state index in [1.54, 1.807) is 24.6 Å². The van der Waals surface area contributed by atoms with E-state index in [1.165, 1.54) is 4.57 Å². The molecule has 0 saturated carbocycles. The van der Waals surface area contributed by atoms with E-state index in [9.17, 15) is 9.59 Å². The van der Waals surface area contributed by atoms with E-state index in [-0.39, 0.29) is 17.3 Å². The van der Waals surface area contributed by atoms with Gasteiger partial charge in [-0.05, 0) is 12.1 Å².